The van der Waals surface area contributed by atoms with Crippen molar-refractivity contribution in [3.63, 3.8) is 0 Å². The Morgan fingerprint density at radius 3 is 2.05 bits per heavy atom. The van der Waals surface area contributed by atoms with Crippen LogP contribution < -0.4 is 37.2 Å². The van der Waals surface area contributed by atoms with E-state index in [4.69, 9.17) is 0 Å². The Labute approximate surface area is 168 Å². The minimum atomic E-state index is 0. The van der Waals surface area contributed by atoms with E-state index in [1.807, 2.05) is 0 Å². The fraction of sp³-hybridized carbons (Fsp3) is 0.353. The molecule has 0 N–H and O–H groups in total. The summed E-state index contributed by atoms with van der Waals surface area (Å²) in [5.41, 5.74) is 4.09. The van der Waals surface area contributed by atoms with Crippen LogP contribution in [0.15, 0.2) is 48.5 Å². The second-order valence-electron chi connectivity index (χ2n) is 4.65. The zero-order valence-corrected chi connectivity index (χ0v) is 16.9. The van der Waals surface area contributed by atoms with Gasteiger partial charge >= 0.3 is 21.7 Å². The van der Waals surface area contributed by atoms with E-state index < -0.39 is 0 Å². The van der Waals surface area contributed by atoms with Crippen LogP contribution in [0, 0.1) is 0 Å². The van der Waals surface area contributed by atoms with Crippen molar-refractivity contribution >= 4 is 0 Å². The minimum Gasteiger partial charge on any atom is -1.00 e. The van der Waals surface area contributed by atoms with Crippen molar-refractivity contribution in [2.45, 2.75) is 20.3 Å². The maximum atomic E-state index is 2.47. The first-order valence-corrected chi connectivity index (χ1v) is 6.87. The Kier molecular flexibility index (Phi) is 18.0. The zero-order chi connectivity index (χ0) is 12.8. The van der Waals surface area contributed by atoms with Gasteiger partial charge in [0.05, 0.1) is 0 Å². The van der Waals surface area contributed by atoms with E-state index in [0.29, 0.717) is 0 Å². The molecule has 22 heavy (non-hydrogen) atoms. The van der Waals surface area contributed by atoms with Crippen LogP contribution >= 0.6 is 0 Å². The molecule has 0 radical (unpaired) electrons. The first kappa shape index (κ1) is 27.0. The molecule has 2 rings (SSSR count). The third-order valence-corrected chi connectivity index (χ3v) is 3.54. The van der Waals surface area contributed by atoms with Gasteiger partial charge in [-0.2, -0.15) is 0 Å². The number of hydrogen-bond acceptors (Lipinski definition) is 1. The Hall–Kier alpha value is 0.114. The van der Waals surface area contributed by atoms with Gasteiger partial charge in [-0.05, 0) is 26.1 Å². The average Bonchev–Trinajstić information content (AvgIpc) is 2.90. The van der Waals surface area contributed by atoms with Gasteiger partial charge < -0.3 is 42.1 Å². The molecule has 0 aliphatic heterocycles. The molecular formula is C17H22Cl3NTi. The number of rotatable bonds is 6. The van der Waals surface area contributed by atoms with Crippen molar-refractivity contribution in [3.8, 4) is 11.1 Å². The van der Waals surface area contributed by atoms with Gasteiger partial charge in [0.2, 0.25) is 0 Å². The maximum absolute atomic E-state index is 2.47. The Bertz CT molecular complexity index is 470. The van der Waals surface area contributed by atoms with E-state index in [1.165, 1.54) is 16.7 Å². The van der Waals surface area contributed by atoms with Crippen LogP contribution in [0.1, 0.15) is 19.4 Å². The number of hydrogen-bond donors (Lipinski definition) is 0. The van der Waals surface area contributed by atoms with E-state index in [0.717, 1.165) is 26.1 Å². The summed E-state index contributed by atoms with van der Waals surface area (Å²) in [7, 11) is 0. The zero-order valence-electron chi connectivity index (χ0n) is 13.0. The Balaban J connectivity index is -0.000000902. The molecule has 0 saturated heterocycles. The molecule has 0 atom stereocenters. The summed E-state index contributed by atoms with van der Waals surface area (Å²) in [5, 5.41) is 0. The van der Waals surface area contributed by atoms with Crippen LogP contribution in [-0.4, -0.2) is 24.5 Å². The van der Waals surface area contributed by atoms with Gasteiger partial charge in [0.1, 0.15) is 0 Å². The van der Waals surface area contributed by atoms with Crippen molar-refractivity contribution in [1.29, 1.82) is 0 Å². The monoisotopic (exact) mass is 393 g/mol. The van der Waals surface area contributed by atoms with Gasteiger partial charge in [0, 0.05) is 0 Å². The Morgan fingerprint density at radius 2 is 1.50 bits per heavy atom. The number of halogens is 3. The van der Waals surface area contributed by atoms with E-state index in [1.54, 1.807) is 0 Å². The Morgan fingerprint density at radius 1 is 0.909 bits per heavy atom. The molecule has 120 valence electrons. The molecule has 0 heterocycles. The summed E-state index contributed by atoms with van der Waals surface area (Å²) in [4.78, 5) is 2.47. The summed E-state index contributed by atoms with van der Waals surface area (Å²) in [5.74, 6) is 0. The first-order valence-electron chi connectivity index (χ1n) is 6.87. The fourth-order valence-electron chi connectivity index (χ4n) is 2.29. The van der Waals surface area contributed by atoms with E-state index >= 15 is 0 Å². The van der Waals surface area contributed by atoms with Crippen LogP contribution in [0.3, 0.4) is 0 Å². The summed E-state index contributed by atoms with van der Waals surface area (Å²) >= 11 is 0. The van der Waals surface area contributed by atoms with Crippen LogP contribution in [0.5, 0.6) is 0 Å². The summed E-state index contributed by atoms with van der Waals surface area (Å²) in [6.45, 7) is 7.89. The molecule has 0 bridgehead atoms. The normalized spacial score (nSPS) is 9.05. The molecule has 0 aromatic heterocycles. The van der Waals surface area contributed by atoms with Gasteiger partial charge in [0.25, 0.3) is 0 Å². The minimum absolute atomic E-state index is 0. The summed E-state index contributed by atoms with van der Waals surface area (Å²) in [6.07, 6.45) is 1.15. The summed E-state index contributed by atoms with van der Waals surface area (Å²) < 4.78 is 0. The second kappa shape index (κ2) is 14.7. The van der Waals surface area contributed by atoms with Crippen molar-refractivity contribution in [2.75, 3.05) is 19.6 Å². The third-order valence-electron chi connectivity index (χ3n) is 3.54. The van der Waals surface area contributed by atoms with Crippen molar-refractivity contribution < 1.29 is 58.9 Å². The van der Waals surface area contributed by atoms with Crippen LogP contribution in [0.25, 0.3) is 11.1 Å². The van der Waals surface area contributed by atoms with E-state index in [9.17, 15) is 0 Å². The standard InChI is InChI=1S/C17H22N.3ClH.Ti/c1-3-18(4-2)13-12-15-10-11-17(14-15)16-8-6-5-7-9-16;;;;/h5-11,14H,3-4,12-13H2,1-2H3;3*1H;/q-1;;;;+4/p-3. The molecular weight excluding hydrogens is 372 g/mol. The average molecular weight is 395 g/mol. The molecule has 2 aromatic carbocycles. The quantitative estimate of drug-likeness (QED) is 0.350. The predicted octanol–water partition coefficient (Wildman–Crippen LogP) is -5.03. The molecule has 0 saturated carbocycles. The maximum Gasteiger partial charge on any atom is 4.00 e. The molecule has 0 spiro atoms. The molecule has 0 fully saturated rings. The first-order chi connectivity index (χ1) is 8.83. The van der Waals surface area contributed by atoms with Crippen molar-refractivity contribution in [2.24, 2.45) is 0 Å². The second-order valence-corrected chi connectivity index (χ2v) is 4.65. The van der Waals surface area contributed by atoms with E-state index in [2.05, 4.69) is 67.3 Å². The van der Waals surface area contributed by atoms with Crippen molar-refractivity contribution in [3.05, 3.63) is 54.1 Å². The molecule has 2 aromatic rings. The van der Waals surface area contributed by atoms with Gasteiger partial charge in [-0.3, -0.25) is 0 Å². The van der Waals surface area contributed by atoms with Crippen LogP contribution in [0.2, 0.25) is 0 Å². The van der Waals surface area contributed by atoms with Crippen molar-refractivity contribution in [1.82, 2.24) is 4.90 Å². The number of nitrogens with zero attached hydrogens (tertiary/aromatic N) is 1. The fourth-order valence-corrected chi connectivity index (χ4v) is 2.29. The molecule has 0 aliphatic rings. The molecule has 0 aliphatic carbocycles. The predicted molar refractivity (Wildman–Crippen MR) is 79.0 cm³/mol. The molecule has 0 amide bonds. The van der Waals surface area contributed by atoms with E-state index in [-0.39, 0.29) is 58.9 Å². The SMILES string of the molecule is CCN(CC)CCc1cc[c-](-c2ccccc2)c1.[Cl-].[Cl-].[Cl-].[Ti+4]. The molecule has 1 nitrogen and oxygen atoms in total. The molecule has 0 unspecified atom stereocenters. The number of likely N-dealkylation sites (N-methyl/N-ethyl adjacent to an activating group) is 1. The van der Waals surface area contributed by atoms with Crippen LogP contribution in [0.4, 0.5) is 0 Å². The number of benzene rings is 1. The van der Waals surface area contributed by atoms with Gasteiger partial charge in [-0.1, -0.05) is 37.6 Å². The topological polar surface area (TPSA) is 3.24 Å². The van der Waals surface area contributed by atoms with Crippen LogP contribution in [-0.2, 0) is 28.1 Å². The molecule has 5 heteroatoms. The van der Waals surface area contributed by atoms with Gasteiger partial charge in [0.15, 0.2) is 0 Å². The summed E-state index contributed by atoms with van der Waals surface area (Å²) in [6, 6.07) is 17.4. The smallest absolute Gasteiger partial charge is 1.00 e. The van der Waals surface area contributed by atoms with Gasteiger partial charge in [-0.25, -0.2) is 0 Å². The largest absolute Gasteiger partial charge is 4.00 e. The van der Waals surface area contributed by atoms with Gasteiger partial charge in [-0.15, -0.1) is 41.5 Å². The third kappa shape index (κ3) is 8.10.